The van der Waals surface area contributed by atoms with Crippen molar-refractivity contribution >= 4 is 12.3 Å². The first kappa shape index (κ1) is 35.8. The minimum atomic E-state index is -4.37. The lowest BCUT2D eigenvalue weighted by Crippen LogP contribution is -2.37. The van der Waals surface area contributed by atoms with Crippen LogP contribution >= 0.6 is 0 Å². The molecule has 1 saturated heterocycles. The minimum absolute atomic E-state index is 0.0566. The van der Waals surface area contributed by atoms with E-state index in [0.29, 0.717) is 24.1 Å². The van der Waals surface area contributed by atoms with Crippen molar-refractivity contribution < 1.29 is 22.8 Å². The van der Waals surface area contributed by atoms with Gasteiger partial charge in [-0.05, 0) is 100 Å². The van der Waals surface area contributed by atoms with Gasteiger partial charge in [-0.2, -0.15) is 13.2 Å². The Morgan fingerprint density at radius 2 is 1.71 bits per heavy atom. The van der Waals surface area contributed by atoms with Gasteiger partial charge in [0.15, 0.2) is 0 Å². The summed E-state index contributed by atoms with van der Waals surface area (Å²) in [7, 11) is 5.47. The second-order valence-electron chi connectivity index (χ2n) is 11.9. The average molecular weight is 625 g/mol. The summed E-state index contributed by atoms with van der Waals surface area (Å²) >= 11 is 0. The third kappa shape index (κ3) is 11.0. The summed E-state index contributed by atoms with van der Waals surface area (Å²) in [4.78, 5) is 29.3. The molecule has 3 aromatic rings. The summed E-state index contributed by atoms with van der Waals surface area (Å²) in [6.45, 7) is 8.01. The van der Waals surface area contributed by atoms with E-state index in [1.165, 1.54) is 61.5 Å². The van der Waals surface area contributed by atoms with Crippen LogP contribution in [0.4, 0.5) is 13.2 Å². The van der Waals surface area contributed by atoms with Crippen LogP contribution in [0, 0.1) is 6.92 Å². The third-order valence-corrected chi connectivity index (χ3v) is 8.53. The van der Waals surface area contributed by atoms with Crippen molar-refractivity contribution in [2.24, 2.45) is 0 Å². The number of hydrogen-bond acceptors (Lipinski definition) is 4. The van der Waals surface area contributed by atoms with Crippen LogP contribution in [0.2, 0.25) is 0 Å². The molecule has 1 aliphatic heterocycles. The van der Waals surface area contributed by atoms with E-state index in [2.05, 4.69) is 47.6 Å². The predicted octanol–water partition coefficient (Wildman–Crippen LogP) is 6.53. The lowest BCUT2D eigenvalue weighted by atomic mass is 9.98. The summed E-state index contributed by atoms with van der Waals surface area (Å²) in [5, 5.41) is 3.36. The number of likely N-dealkylation sites (tertiary alicyclic amines) is 1. The van der Waals surface area contributed by atoms with E-state index in [0.717, 1.165) is 35.7 Å². The van der Waals surface area contributed by atoms with Gasteiger partial charge < -0.3 is 20.0 Å². The SMILES string of the molecule is CN[C@@H]1CCN(CCCc2ccccc2)C1.Cc1cc(-c2ccc(C(F)(F)F)cc2)ccc1C(=O)N(C)[C@H](C)CCN(C)C=O. The zero-order valence-corrected chi connectivity index (χ0v) is 27.1. The molecule has 0 bridgehead atoms. The van der Waals surface area contributed by atoms with Gasteiger partial charge in [-0.1, -0.05) is 54.6 Å². The first-order valence-electron chi connectivity index (χ1n) is 15.6. The smallest absolute Gasteiger partial charge is 0.348 e. The Labute approximate surface area is 266 Å². The summed E-state index contributed by atoms with van der Waals surface area (Å²) in [5.41, 5.74) is 3.46. The Hall–Kier alpha value is -3.69. The number of hydrogen-bond donors (Lipinski definition) is 1. The highest BCUT2D eigenvalue weighted by Crippen LogP contribution is 2.31. The number of likely N-dealkylation sites (N-methyl/N-ethyl adjacent to an activating group) is 1. The number of nitrogens with one attached hydrogen (secondary N) is 1. The Morgan fingerprint density at radius 3 is 2.29 bits per heavy atom. The maximum Gasteiger partial charge on any atom is 0.416 e. The van der Waals surface area contributed by atoms with Gasteiger partial charge in [-0.15, -0.1) is 0 Å². The van der Waals surface area contributed by atoms with Gasteiger partial charge in [0, 0.05) is 44.8 Å². The monoisotopic (exact) mass is 624 g/mol. The molecule has 1 heterocycles. The van der Waals surface area contributed by atoms with E-state index >= 15 is 0 Å². The molecule has 3 aromatic carbocycles. The van der Waals surface area contributed by atoms with Gasteiger partial charge in [0.05, 0.1) is 5.56 Å². The molecule has 45 heavy (non-hydrogen) atoms. The Bertz CT molecular complexity index is 1350. The molecule has 9 heteroatoms. The number of halogens is 3. The van der Waals surface area contributed by atoms with Crippen molar-refractivity contribution in [3.05, 3.63) is 95.1 Å². The number of benzene rings is 3. The summed E-state index contributed by atoms with van der Waals surface area (Å²) < 4.78 is 38.2. The van der Waals surface area contributed by atoms with Crippen LogP contribution in [0.3, 0.4) is 0 Å². The fraction of sp³-hybridized carbons (Fsp3) is 0.444. The molecule has 1 fully saturated rings. The number of carbonyl (C=O) groups is 2. The second kappa shape index (κ2) is 17.1. The number of nitrogens with zero attached hydrogens (tertiary/aromatic N) is 3. The Kier molecular flexibility index (Phi) is 13.6. The molecule has 0 unspecified atom stereocenters. The second-order valence-corrected chi connectivity index (χ2v) is 11.9. The Morgan fingerprint density at radius 1 is 1.04 bits per heavy atom. The van der Waals surface area contributed by atoms with Crippen LogP contribution in [0.25, 0.3) is 11.1 Å². The van der Waals surface area contributed by atoms with E-state index in [4.69, 9.17) is 0 Å². The lowest BCUT2D eigenvalue weighted by molar-refractivity contribution is -0.137. The number of alkyl halides is 3. The number of carbonyl (C=O) groups excluding carboxylic acids is 2. The highest BCUT2D eigenvalue weighted by molar-refractivity contribution is 5.96. The largest absolute Gasteiger partial charge is 0.416 e. The summed E-state index contributed by atoms with van der Waals surface area (Å²) in [6, 6.07) is 21.6. The van der Waals surface area contributed by atoms with E-state index in [1.54, 1.807) is 44.1 Å². The van der Waals surface area contributed by atoms with E-state index in [-0.39, 0.29) is 11.9 Å². The predicted molar refractivity (Wildman–Crippen MR) is 175 cm³/mol. The molecule has 0 radical (unpaired) electrons. The van der Waals surface area contributed by atoms with Crippen molar-refractivity contribution in [2.45, 2.75) is 57.8 Å². The molecule has 0 saturated carbocycles. The molecule has 0 aliphatic carbocycles. The van der Waals surface area contributed by atoms with Crippen molar-refractivity contribution in [1.29, 1.82) is 0 Å². The zero-order valence-electron chi connectivity index (χ0n) is 27.1. The molecule has 244 valence electrons. The standard InChI is InChI=1S/C22H25F3N2O2.C14H22N2/c1-15-13-18(17-5-8-19(9-6-17)22(23,24)25)7-10-20(15)21(29)27(4)16(2)11-12-26(3)14-28;1-15-14-9-11-16(12-14)10-5-8-13-6-3-2-4-7-13/h5-10,13-14,16H,11-12H2,1-4H3;2-4,6-7,14-15H,5,8-12H2,1H3/t16-;14-/m11/s1. The molecule has 4 rings (SSSR count). The van der Waals surface area contributed by atoms with Gasteiger partial charge >= 0.3 is 6.18 Å². The molecule has 2 atom stereocenters. The normalized spacial score (nSPS) is 15.6. The van der Waals surface area contributed by atoms with Crippen LogP contribution < -0.4 is 5.32 Å². The number of amides is 2. The first-order chi connectivity index (χ1) is 21.4. The highest BCUT2D eigenvalue weighted by atomic mass is 19.4. The zero-order chi connectivity index (χ0) is 33.0. The first-order valence-corrected chi connectivity index (χ1v) is 15.6. The highest BCUT2D eigenvalue weighted by Gasteiger charge is 2.30. The van der Waals surface area contributed by atoms with Crippen LogP contribution in [-0.2, 0) is 17.4 Å². The van der Waals surface area contributed by atoms with Crippen LogP contribution in [0.15, 0.2) is 72.8 Å². The molecule has 2 amide bonds. The van der Waals surface area contributed by atoms with Gasteiger partial charge in [0.2, 0.25) is 6.41 Å². The van der Waals surface area contributed by atoms with Crippen molar-refractivity contribution in [3.8, 4) is 11.1 Å². The molecular formula is C36H47F3N4O2. The summed E-state index contributed by atoms with van der Waals surface area (Å²) in [6.07, 6.45) is 0.829. The van der Waals surface area contributed by atoms with E-state index in [1.807, 2.05) is 6.92 Å². The number of aryl methyl sites for hydroxylation is 2. The van der Waals surface area contributed by atoms with Gasteiger partial charge in [0.1, 0.15) is 0 Å². The molecule has 6 nitrogen and oxygen atoms in total. The van der Waals surface area contributed by atoms with Crippen LogP contribution in [0.5, 0.6) is 0 Å². The molecule has 1 aliphatic rings. The molecule has 0 aromatic heterocycles. The quantitative estimate of drug-likeness (QED) is 0.233. The number of rotatable bonds is 12. The fourth-order valence-corrected chi connectivity index (χ4v) is 5.38. The maximum atomic E-state index is 12.8. The maximum absolute atomic E-state index is 12.8. The molecule has 0 spiro atoms. The third-order valence-electron chi connectivity index (χ3n) is 8.53. The molecular weight excluding hydrogens is 577 g/mol. The topological polar surface area (TPSA) is 55.9 Å². The summed E-state index contributed by atoms with van der Waals surface area (Å²) in [5.74, 6) is -0.136. The van der Waals surface area contributed by atoms with Crippen molar-refractivity contribution in [1.82, 2.24) is 20.0 Å². The van der Waals surface area contributed by atoms with Gasteiger partial charge in [-0.3, -0.25) is 9.59 Å². The van der Waals surface area contributed by atoms with Crippen molar-refractivity contribution in [2.75, 3.05) is 47.3 Å². The molecule has 1 N–H and O–H groups in total. The minimum Gasteiger partial charge on any atom is -0.348 e. The van der Waals surface area contributed by atoms with Crippen LogP contribution in [-0.4, -0.2) is 86.4 Å². The van der Waals surface area contributed by atoms with E-state index in [9.17, 15) is 22.8 Å². The van der Waals surface area contributed by atoms with E-state index < -0.39 is 11.7 Å². The lowest BCUT2D eigenvalue weighted by Gasteiger charge is -2.27. The fourth-order valence-electron chi connectivity index (χ4n) is 5.38. The van der Waals surface area contributed by atoms with Crippen molar-refractivity contribution in [3.63, 3.8) is 0 Å². The van der Waals surface area contributed by atoms with Crippen LogP contribution in [0.1, 0.15) is 53.2 Å². The average Bonchev–Trinajstić information content (AvgIpc) is 3.51. The van der Waals surface area contributed by atoms with Gasteiger partial charge in [0.25, 0.3) is 5.91 Å². The van der Waals surface area contributed by atoms with Gasteiger partial charge in [-0.25, -0.2) is 0 Å². The Balaban J connectivity index is 0.000000289.